The number of fused-ring (bicyclic) bond motifs is 1. The summed E-state index contributed by atoms with van der Waals surface area (Å²) in [7, 11) is 0. The van der Waals surface area contributed by atoms with E-state index in [1.165, 1.54) is 0 Å². The van der Waals surface area contributed by atoms with Crippen LogP contribution in [0.3, 0.4) is 0 Å². The normalized spacial score (nSPS) is 10.6. The quantitative estimate of drug-likeness (QED) is 0.740. The van der Waals surface area contributed by atoms with E-state index >= 15 is 0 Å². The highest BCUT2D eigenvalue weighted by Gasteiger charge is 1.98. The van der Waals surface area contributed by atoms with E-state index in [9.17, 15) is 4.79 Å². The molecule has 0 amide bonds. The minimum atomic E-state index is -0.0492. The van der Waals surface area contributed by atoms with Crippen molar-refractivity contribution >= 4 is 37.4 Å². The molecule has 0 saturated heterocycles. The molecule has 0 aromatic carbocycles. The smallest absolute Gasteiger partial charge is 0.249 e. The van der Waals surface area contributed by atoms with Crippen molar-refractivity contribution < 1.29 is 0 Å². The molecule has 2 aromatic rings. The van der Waals surface area contributed by atoms with Crippen molar-refractivity contribution in [2.45, 2.75) is 0 Å². The fourth-order valence-corrected chi connectivity index (χ4v) is 2.49. The molecule has 0 atom stereocenters. The molecule has 2 rings (SSSR count). The van der Waals surface area contributed by atoms with Gasteiger partial charge in [0.1, 0.15) is 0 Å². The Morgan fingerprint density at radius 2 is 2.27 bits per heavy atom. The van der Waals surface area contributed by atoms with Crippen LogP contribution in [0, 0.1) is 0 Å². The number of halogens is 1. The predicted molar refractivity (Wildman–Crippen MR) is 50.1 cm³/mol. The van der Waals surface area contributed by atoms with E-state index in [0.717, 1.165) is 13.9 Å². The topological polar surface area (TPSA) is 32.9 Å². The maximum absolute atomic E-state index is 10.8. The summed E-state index contributed by atoms with van der Waals surface area (Å²) in [5.74, 6) is 0. The lowest BCUT2D eigenvalue weighted by Gasteiger charge is -1.83. The Kier molecular flexibility index (Phi) is 1.58. The van der Waals surface area contributed by atoms with E-state index < -0.39 is 0 Å². The maximum atomic E-state index is 10.8. The minimum Gasteiger partial charge on any atom is -0.328 e. The van der Waals surface area contributed by atoms with Crippen molar-refractivity contribution in [3.63, 3.8) is 0 Å². The third kappa shape index (κ3) is 1.23. The fourth-order valence-electron chi connectivity index (χ4n) is 0.922. The Bertz CT molecular complexity index is 445. The number of pyridine rings is 1. The molecule has 4 heteroatoms. The van der Waals surface area contributed by atoms with Crippen molar-refractivity contribution in [3.8, 4) is 0 Å². The first kappa shape index (κ1) is 7.06. The molecule has 2 nitrogen and oxygen atoms in total. The predicted octanol–water partition coefficient (Wildman–Crippen LogP) is 2.35. The number of hydrogen-bond acceptors (Lipinski definition) is 2. The van der Waals surface area contributed by atoms with Crippen molar-refractivity contribution in [2.24, 2.45) is 0 Å². The standard InChI is InChI=1S/C7H4BrNOS/c8-6-1-4-3-9-7(10)2-5(4)11-6/h1-3H,(H,9,10). The van der Waals surface area contributed by atoms with Gasteiger partial charge in [0.2, 0.25) is 5.56 Å². The van der Waals surface area contributed by atoms with Crippen LogP contribution in [0.5, 0.6) is 0 Å². The van der Waals surface area contributed by atoms with Gasteiger partial charge in [-0.2, -0.15) is 0 Å². The second-order valence-corrected chi connectivity index (χ2v) is 4.63. The van der Waals surface area contributed by atoms with Gasteiger partial charge in [0, 0.05) is 22.3 Å². The number of aromatic nitrogens is 1. The Labute approximate surface area is 75.0 Å². The summed E-state index contributed by atoms with van der Waals surface area (Å²) >= 11 is 4.91. The first-order chi connectivity index (χ1) is 5.25. The molecule has 56 valence electrons. The highest BCUT2D eigenvalue weighted by atomic mass is 79.9. The molecule has 0 fully saturated rings. The van der Waals surface area contributed by atoms with Gasteiger partial charge in [-0.15, -0.1) is 11.3 Å². The monoisotopic (exact) mass is 229 g/mol. The zero-order valence-electron chi connectivity index (χ0n) is 5.43. The summed E-state index contributed by atoms with van der Waals surface area (Å²) in [5, 5.41) is 1.07. The molecule has 0 aliphatic carbocycles. The number of thiophene rings is 1. The summed E-state index contributed by atoms with van der Waals surface area (Å²) in [6.07, 6.45) is 1.72. The first-order valence-electron chi connectivity index (χ1n) is 3.03. The molecule has 0 aliphatic heterocycles. The van der Waals surface area contributed by atoms with Gasteiger partial charge >= 0.3 is 0 Å². The van der Waals surface area contributed by atoms with Gasteiger partial charge in [0.25, 0.3) is 0 Å². The van der Waals surface area contributed by atoms with E-state index in [-0.39, 0.29) is 5.56 Å². The summed E-state index contributed by atoms with van der Waals surface area (Å²) in [5.41, 5.74) is -0.0492. The molecule has 0 saturated carbocycles. The van der Waals surface area contributed by atoms with E-state index in [2.05, 4.69) is 20.9 Å². The highest BCUT2D eigenvalue weighted by Crippen LogP contribution is 2.27. The molecule has 0 radical (unpaired) electrons. The molecule has 0 unspecified atom stereocenters. The number of nitrogens with one attached hydrogen (secondary N) is 1. The third-order valence-corrected chi connectivity index (χ3v) is 2.99. The molecular formula is C7H4BrNOS. The summed E-state index contributed by atoms with van der Waals surface area (Å²) in [6, 6.07) is 3.58. The van der Waals surface area contributed by atoms with Gasteiger partial charge in [-0.1, -0.05) is 0 Å². The lowest BCUT2D eigenvalue weighted by molar-refractivity contribution is 1.27. The zero-order chi connectivity index (χ0) is 7.84. The van der Waals surface area contributed by atoms with Crippen molar-refractivity contribution in [3.05, 3.63) is 32.5 Å². The van der Waals surface area contributed by atoms with Gasteiger partial charge in [0.05, 0.1) is 3.79 Å². The van der Waals surface area contributed by atoms with E-state index in [4.69, 9.17) is 0 Å². The van der Waals surface area contributed by atoms with E-state index in [1.807, 2.05) is 6.07 Å². The Morgan fingerprint density at radius 1 is 1.45 bits per heavy atom. The molecule has 2 aromatic heterocycles. The van der Waals surface area contributed by atoms with Crippen molar-refractivity contribution in [1.29, 1.82) is 0 Å². The Hall–Kier alpha value is -0.610. The molecule has 0 spiro atoms. The maximum Gasteiger partial charge on any atom is 0.249 e. The van der Waals surface area contributed by atoms with Crippen LogP contribution in [0.25, 0.3) is 10.1 Å². The second-order valence-electron chi connectivity index (χ2n) is 2.17. The van der Waals surface area contributed by atoms with E-state index in [1.54, 1.807) is 23.6 Å². The van der Waals surface area contributed by atoms with Crippen LogP contribution in [0.15, 0.2) is 26.9 Å². The highest BCUT2D eigenvalue weighted by molar-refractivity contribution is 9.11. The molecule has 0 bridgehead atoms. The van der Waals surface area contributed by atoms with Crippen LogP contribution < -0.4 is 5.56 Å². The van der Waals surface area contributed by atoms with Crippen LogP contribution >= 0.6 is 27.3 Å². The second kappa shape index (κ2) is 2.46. The molecule has 2 heterocycles. The van der Waals surface area contributed by atoms with Crippen molar-refractivity contribution in [1.82, 2.24) is 4.98 Å². The molecule has 1 N–H and O–H groups in total. The van der Waals surface area contributed by atoms with Crippen LogP contribution in [-0.4, -0.2) is 4.98 Å². The lowest BCUT2D eigenvalue weighted by atomic mass is 10.3. The van der Waals surface area contributed by atoms with Crippen LogP contribution in [-0.2, 0) is 0 Å². The Balaban J connectivity index is 2.92. The summed E-state index contributed by atoms with van der Waals surface area (Å²) in [4.78, 5) is 13.4. The van der Waals surface area contributed by atoms with Crippen molar-refractivity contribution in [2.75, 3.05) is 0 Å². The average molecular weight is 230 g/mol. The van der Waals surface area contributed by atoms with Gasteiger partial charge in [-0.3, -0.25) is 4.79 Å². The summed E-state index contributed by atoms with van der Waals surface area (Å²) in [6.45, 7) is 0. The third-order valence-electron chi connectivity index (χ3n) is 1.39. The zero-order valence-corrected chi connectivity index (χ0v) is 7.83. The van der Waals surface area contributed by atoms with Crippen LogP contribution in [0.2, 0.25) is 0 Å². The number of aromatic amines is 1. The van der Waals surface area contributed by atoms with Crippen LogP contribution in [0.4, 0.5) is 0 Å². The number of H-pyrrole nitrogens is 1. The number of hydrogen-bond donors (Lipinski definition) is 1. The Morgan fingerprint density at radius 3 is 3.09 bits per heavy atom. The largest absolute Gasteiger partial charge is 0.328 e. The summed E-state index contributed by atoms with van der Waals surface area (Å²) < 4.78 is 2.06. The SMILES string of the molecule is O=c1cc2sc(Br)cc2c[nH]1. The minimum absolute atomic E-state index is 0.0492. The van der Waals surface area contributed by atoms with Gasteiger partial charge in [-0.05, 0) is 22.0 Å². The van der Waals surface area contributed by atoms with E-state index in [0.29, 0.717) is 0 Å². The lowest BCUT2D eigenvalue weighted by Crippen LogP contribution is -1.99. The molecule has 0 aliphatic rings. The van der Waals surface area contributed by atoms with Gasteiger partial charge < -0.3 is 4.98 Å². The average Bonchev–Trinajstić information content (AvgIpc) is 2.27. The fraction of sp³-hybridized carbons (Fsp3) is 0. The van der Waals surface area contributed by atoms with Crippen LogP contribution in [0.1, 0.15) is 0 Å². The molecule has 11 heavy (non-hydrogen) atoms. The van der Waals surface area contributed by atoms with Gasteiger partial charge in [-0.25, -0.2) is 0 Å². The first-order valence-corrected chi connectivity index (χ1v) is 4.64. The molecular weight excluding hydrogens is 226 g/mol. The van der Waals surface area contributed by atoms with Gasteiger partial charge in [0.15, 0.2) is 0 Å². The number of rotatable bonds is 0.